The average Bonchev–Trinajstić information content (AvgIpc) is 3.12. The molecule has 1 amide bonds. The maximum absolute atomic E-state index is 13.4. The number of nitrogen functional groups attached to an aromatic ring is 1. The van der Waals surface area contributed by atoms with Gasteiger partial charge in [0.1, 0.15) is 10.6 Å². The van der Waals surface area contributed by atoms with E-state index in [9.17, 15) is 13.2 Å². The topological polar surface area (TPSA) is 105 Å². The summed E-state index contributed by atoms with van der Waals surface area (Å²) in [5.74, 6) is -0.542. The third kappa shape index (κ3) is 3.77. The minimum Gasteiger partial charge on any atom is -0.399 e. The standard InChI is InChI=1S/C22H18ClN3O3S/c23-15-9-10-19-18(12-15)21(30(28,29)17-7-2-1-3-8-17)20(26-19)22(27)25-13-14-5-4-6-16(24)11-14/h1-12,26H,13,24H2,(H,25,27). The first kappa shape index (κ1) is 20.0. The maximum Gasteiger partial charge on any atom is 0.269 e. The van der Waals surface area contributed by atoms with Crippen molar-refractivity contribution in [2.75, 3.05) is 5.73 Å². The molecule has 6 nitrogen and oxygen atoms in total. The number of halogens is 1. The molecule has 152 valence electrons. The normalized spacial score (nSPS) is 11.5. The summed E-state index contributed by atoms with van der Waals surface area (Å²) in [5, 5.41) is 3.49. The smallest absolute Gasteiger partial charge is 0.269 e. The van der Waals surface area contributed by atoms with Crippen molar-refractivity contribution in [1.29, 1.82) is 0 Å². The van der Waals surface area contributed by atoms with Gasteiger partial charge in [-0.2, -0.15) is 0 Å². The Morgan fingerprint density at radius 2 is 1.77 bits per heavy atom. The Morgan fingerprint density at radius 3 is 2.50 bits per heavy atom. The quantitative estimate of drug-likeness (QED) is 0.406. The van der Waals surface area contributed by atoms with E-state index in [1.165, 1.54) is 18.2 Å². The zero-order valence-corrected chi connectivity index (χ0v) is 17.3. The van der Waals surface area contributed by atoms with E-state index in [1.807, 2.05) is 6.07 Å². The molecule has 0 bridgehead atoms. The van der Waals surface area contributed by atoms with Gasteiger partial charge >= 0.3 is 0 Å². The van der Waals surface area contributed by atoms with Gasteiger partial charge in [-0.15, -0.1) is 0 Å². The number of aromatic amines is 1. The Hall–Kier alpha value is -3.29. The Labute approximate surface area is 178 Å². The third-order valence-corrected chi connectivity index (χ3v) is 6.76. The highest BCUT2D eigenvalue weighted by molar-refractivity contribution is 7.91. The second-order valence-corrected chi connectivity index (χ2v) is 9.09. The van der Waals surface area contributed by atoms with Gasteiger partial charge in [0, 0.05) is 28.2 Å². The lowest BCUT2D eigenvalue weighted by Gasteiger charge is -2.09. The van der Waals surface area contributed by atoms with Crippen LogP contribution in [0.15, 0.2) is 82.6 Å². The predicted octanol–water partition coefficient (Wildman–Crippen LogP) is 4.17. The van der Waals surface area contributed by atoms with Crippen LogP contribution in [-0.4, -0.2) is 19.3 Å². The van der Waals surface area contributed by atoms with Gasteiger partial charge in [-0.3, -0.25) is 4.79 Å². The van der Waals surface area contributed by atoms with Crippen LogP contribution in [0, 0.1) is 0 Å². The largest absolute Gasteiger partial charge is 0.399 e. The van der Waals surface area contributed by atoms with Crippen LogP contribution >= 0.6 is 11.6 Å². The molecule has 0 aliphatic rings. The van der Waals surface area contributed by atoms with Crippen LogP contribution in [0.1, 0.15) is 16.1 Å². The number of H-pyrrole nitrogens is 1. The number of sulfone groups is 1. The monoisotopic (exact) mass is 439 g/mol. The number of anilines is 1. The molecule has 0 spiro atoms. The molecule has 0 fully saturated rings. The molecule has 0 aliphatic carbocycles. The molecule has 1 heterocycles. The molecule has 4 N–H and O–H groups in total. The van der Waals surface area contributed by atoms with Crippen molar-refractivity contribution in [3.8, 4) is 0 Å². The molecule has 4 aromatic rings. The van der Waals surface area contributed by atoms with E-state index >= 15 is 0 Å². The van der Waals surface area contributed by atoms with Gasteiger partial charge in [-0.05, 0) is 48.0 Å². The molecule has 0 radical (unpaired) electrons. The molecule has 0 saturated heterocycles. The van der Waals surface area contributed by atoms with Crippen molar-refractivity contribution in [3.63, 3.8) is 0 Å². The Bertz CT molecular complexity index is 1350. The predicted molar refractivity (Wildman–Crippen MR) is 117 cm³/mol. The van der Waals surface area contributed by atoms with Gasteiger partial charge in [0.2, 0.25) is 9.84 Å². The Kier molecular flexibility index (Phi) is 5.24. The number of amides is 1. The van der Waals surface area contributed by atoms with E-state index in [1.54, 1.807) is 48.5 Å². The summed E-state index contributed by atoms with van der Waals surface area (Å²) in [4.78, 5) is 15.9. The number of carbonyl (C=O) groups excluding carboxylic acids is 1. The summed E-state index contributed by atoms with van der Waals surface area (Å²) in [6.45, 7) is 0.199. The SMILES string of the molecule is Nc1cccc(CNC(=O)c2[nH]c3ccc(Cl)cc3c2S(=O)(=O)c2ccccc2)c1. The van der Waals surface area contributed by atoms with Crippen LogP contribution in [-0.2, 0) is 16.4 Å². The number of fused-ring (bicyclic) bond motifs is 1. The second kappa shape index (κ2) is 7.85. The minimum absolute atomic E-state index is 0.0416. The average molecular weight is 440 g/mol. The fourth-order valence-electron chi connectivity index (χ4n) is 3.27. The van der Waals surface area contributed by atoms with E-state index in [2.05, 4.69) is 10.3 Å². The first-order chi connectivity index (χ1) is 14.4. The van der Waals surface area contributed by atoms with Crippen LogP contribution in [0.4, 0.5) is 5.69 Å². The molecule has 4 rings (SSSR count). The maximum atomic E-state index is 13.4. The van der Waals surface area contributed by atoms with Crippen molar-refractivity contribution >= 4 is 43.9 Å². The highest BCUT2D eigenvalue weighted by atomic mass is 35.5. The summed E-state index contributed by atoms with van der Waals surface area (Å²) in [7, 11) is -3.98. The molecular weight excluding hydrogens is 422 g/mol. The zero-order valence-electron chi connectivity index (χ0n) is 15.7. The highest BCUT2D eigenvalue weighted by Gasteiger charge is 2.29. The lowest BCUT2D eigenvalue weighted by atomic mass is 10.2. The first-order valence-corrected chi connectivity index (χ1v) is 11.0. The van der Waals surface area contributed by atoms with Gasteiger partial charge in [-0.1, -0.05) is 41.9 Å². The zero-order chi connectivity index (χ0) is 21.3. The van der Waals surface area contributed by atoms with E-state index in [-0.39, 0.29) is 22.0 Å². The van der Waals surface area contributed by atoms with E-state index < -0.39 is 15.7 Å². The minimum atomic E-state index is -3.98. The van der Waals surface area contributed by atoms with E-state index in [4.69, 9.17) is 17.3 Å². The van der Waals surface area contributed by atoms with E-state index in [0.29, 0.717) is 21.6 Å². The number of hydrogen-bond acceptors (Lipinski definition) is 4. The van der Waals surface area contributed by atoms with Crippen LogP contribution in [0.2, 0.25) is 5.02 Å². The second-order valence-electron chi connectivity index (χ2n) is 6.76. The summed E-state index contributed by atoms with van der Waals surface area (Å²) in [6.07, 6.45) is 0. The number of nitrogens with one attached hydrogen (secondary N) is 2. The van der Waals surface area contributed by atoms with Crippen molar-refractivity contribution in [1.82, 2.24) is 10.3 Å². The number of aromatic nitrogens is 1. The summed E-state index contributed by atoms with van der Waals surface area (Å²) in [6, 6.07) is 19.9. The summed E-state index contributed by atoms with van der Waals surface area (Å²) < 4.78 is 26.8. The number of nitrogens with two attached hydrogens (primary N) is 1. The van der Waals surface area contributed by atoms with Gasteiger partial charge in [0.05, 0.1) is 4.90 Å². The fourth-order valence-corrected chi connectivity index (χ4v) is 5.06. The number of benzene rings is 3. The van der Waals surface area contributed by atoms with Crippen molar-refractivity contribution in [2.24, 2.45) is 0 Å². The first-order valence-electron chi connectivity index (χ1n) is 9.10. The molecular formula is C22H18ClN3O3S. The Balaban J connectivity index is 1.80. The van der Waals surface area contributed by atoms with Gasteiger partial charge in [-0.25, -0.2) is 8.42 Å². The van der Waals surface area contributed by atoms with Crippen molar-refractivity contribution < 1.29 is 13.2 Å². The summed E-state index contributed by atoms with van der Waals surface area (Å²) >= 11 is 6.11. The Morgan fingerprint density at radius 1 is 1.00 bits per heavy atom. The molecule has 3 aromatic carbocycles. The molecule has 30 heavy (non-hydrogen) atoms. The number of hydrogen-bond donors (Lipinski definition) is 3. The van der Waals surface area contributed by atoms with Crippen molar-refractivity contribution in [3.05, 3.63) is 89.1 Å². The molecule has 0 saturated carbocycles. The number of carbonyl (C=O) groups is 1. The lowest BCUT2D eigenvalue weighted by Crippen LogP contribution is -2.25. The van der Waals surface area contributed by atoms with Crippen LogP contribution in [0.25, 0.3) is 10.9 Å². The fraction of sp³-hybridized carbons (Fsp3) is 0.0455. The molecule has 0 unspecified atom stereocenters. The van der Waals surface area contributed by atoms with Gasteiger partial charge < -0.3 is 16.0 Å². The van der Waals surface area contributed by atoms with E-state index in [0.717, 1.165) is 5.56 Å². The number of rotatable bonds is 5. The van der Waals surface area contributed by atoms with Gasteiger partial charge in [0.15, 0.2) is 0 Å². The van der Waals surface area contributed by atoms with Crippen LogP contribution in [0.3, 0.4) is 0 Å². The lowest BCUT2D eigenvalue weighted by molar-refractivity contribution is 0.0943. The molecule has 1 aromatic heterocycles. The van der Waals surface area contributed by atoms with Gasteiger partial charge in [0.25, 0.3) is 5.91 Å². The van der Waals surface area contributed by atoms with Crippen LogP contribution in [0.5, 0.6) is 0 Å². The molecule has 0 atom stereocenters. The third-order valence-electron chi connectivity index (χ3n) is 4.67. The molecule has 8 heteroatoms. The highest BCUT2D eigenvalue weighted by Crippen LogP contribution is 2.33. The summed E-state index contributed by atoms with van der Waals surface area (Å²) in [5.41, 5.74) is 7.62. The van der Waals surface area contributed by atoms with Crippen molar-refractivity contribution in [2.45, 2.75) is 16.3 Å². The molecule has 0 aliphatic heterocycles. The van der Waals surface area contributed by atoms with Crippen LogP contribution < -0.4 is 11.1 Å².